The summed E-state index contributed by atoms with van der Waals surface area (Å²) in [6.45, 7) is 1.98. The van der Waals surface area contributed by atoms with E-state index in [-0.39, 0.29) is 30.5 Å². The second-order valence-electron chi connectivity index (χ2n) is 5.71. The predicted molar refractivity (Wildman–Crippen MR) is 95.9 cm³/mol. The van der Waals surface area contributed by atoms with Crippen molar-refractivity contribution in [2.45, 2.75) is 25.8 Å². The summed E-state index contributed by atoms with van der Waals surface area (Å²) in [6, 6.07) is 9.73. The van der Waals surface area contributed by atoms with Crippen LogP contribution in [0.3, 0.4) is 0 Å². The molecule has 2 aromatic rings. The van der Waals surface area contributed by atoms with E-state index in [2.05, 4.69) is 10.6 Å². The van der Waals surface area contributed by atoms with Crippen LogP contribution >= 0.6 is 11.6 Å². The summed E-state index contributed by atoms with van der Waals surface area (Å²) >= 11 is 5.86. The van der Waals surface area contributed by atoms with Gasteiger partial charge < -0.3 is 10.6 Å². The fourth-order valence-electron chi connectivity index (χ4n) is 2.44. The molecule has 0 aliphatic carbocycles. The highest BCUT2D eigenvalue weighted by Gasteiger charge is 2.15. The van der Waals surface area contributed by atoms with Crippen LogP contribution < -0.4 is 10.6 Å². The number of halogens is 3. The van der Waals surface area contributed by atoms with Crippen molar-refractivity contribution < 1.29 is 18.4 Å². The van der Waals surface area contributed by atoms with Gasteiger partial charge in [-0.3, -0.25) is 9.59 Å². The van der Waals surface area contributed by atoms with Crippen LogP contribution in [0.1, 0.15) is 41.7 Å². The third kappa shape index (κ3) is 5.52. The van der Waals surface area contributed by atoms with E-state index in [9.17, 15) is 18.4 Å². The number of hydrogen-bond donors (Lipinski definition) is 2. The Balaban J connectivity index is 1.84. The molecule has 0 saturated carbocycles. The zero-order valence-corrected chi connectivity index (χ0v) is 14.9. The second kappa shape index (κ2) is 9.29. The number of carbonyl (C=O) groups is 2. The van der Waals surface area contributed by atoms with Gasteiger partial charge in [0.2, 0.25) is 5.91 Å². The van der Waals surface area contributed by atoms with Gasteiger partial charge in [-0.05, 0) is 36.2 Å². The molecule has 138 valence electrons. The minimum Gasteiger partial charge on any atom is -0.351 e. The summed E-state index contributed by atoms with van der Waals surface area (Å²) in [5.41, 5.74) is 0.669. The van der Waals surface area contributed by atoms with Crippen LogP contribution in [0.25, 0.3) is 0 Å². The van der Waals surface area contributed by atoms with Gasteiger partial charge in [-0.1, -0.05) is 30.7 Å². The summed E-state index contributed by atoms with van der Waals surface area (Å²) in [5, 5.41) is 5.94. The lowest BCUT2D eigenvalue weighted by Crippen LogP contribution is -2.33. The first kappa shape index (κ1) is 19.8. The van der Waals surface area contributed by atoms with Crippen molar-refractivity contribution in [3.05, 3.63) is 70.2 Å². The first-order chi connectivity index (χ1) is 12.4. The van der Waals surface area contributed by atoms with Crippen molar-refractivity contribution >= 4 is 23.4 Å². The Hall–Kier alpha value is -2.47. The smallest absolute Gasteiger partial charge is 0.254 e. The Bertz CT molecular complexity index is 782. The monoisotopic (exact) mass is 380 g/mol. The van der Waals surface area contributed by atoms with Gasteiger partial charge in [-0.2, -0.15) is 0 Å². The molecule has 0 fully saturated rings. The molecule has 0 aliphatic rings. The SMILES string of the molecule is CCC(NC(=O)CCNC(=O)c1ccc(F)cc1F)c1ccc(Cl)cc1. The van der Waals surface area contributed by atoms with Gasteiger partial charge in [0, 0.05) is 24.1 Å². The molecular formula is C19H19ClF2N2O2. The van der Waals surface area contributed by atoms with E-state index in [0.29, 0.717) is 17.5 Å². The standard InChI is InChI=1S/C19H19ClF2N2O2/c1-2-17(12-3-5-13(20)6-4-12)24-18(25)9-10-23-19(26)15-8-7-14(21)11-16(15)22/h3-8,11,17H,2,9-10H2,1H3,(H,23,26)(H,24,25). The zero-order chi connectivity index (χ0) is 19.1. The van der Waals surface area contributed by atoms with Gasteiger partial charge in [-0.25, -0.2) is 8.78 Å². The van der Waals surface area contributed by atoms with E-state index in [0.717, 1.165) is 17.7 Å². The van der Waals surface area contributed by atoms with E-state index in [1.807, 2.05) is 19.1 Å². The molecule has 0 heterocycles. The van der Waals surface area contributed by atoms with Crippen LogP contribution in [0.2, 0.25) is 5.02 Å². The third-order valence-electron chi connectivity index (χ3n) is 3.83. The number of benzene rings is 2. The molecule has 2 aromatic carbocycles. The van der Waals surface area contributed by atoms with E-state index in [1.54, 1.807) is 12.1 Å². The van der Waals surface area contributed by atoms with Crippen LogP contribution in [0.5, 0.6) is 0 Å². The van der Waals surface area contributed by atoms with Crippen LogP contribution in [-0.4, -0.2) is 18.4 Å². The lowest BCUT2D eigenvalue weighted by Gasteiger charge is -2.17. The maximum atomic E-state index is 13.5. The van der Waals surface area contributed by atoms with Crippen molar-refractivity contribution in [3.8, 4) is 0 Å². The lowest BCUT2D eigenvalue weighted by atomic mass is 10.0. The highest BCUT2D eigenvalue weighted by Crippen LogP contribution is 2.19. The highest BCUT2D eigenvalue weighted by molar-refractivity contribution is 6.30. The summed E-state index contributed by atoms with van der Waals surface area (Å²) in [5.74, 6) is -2.64. The molecule has 0 radical (unpaired) electrons. The molecular weight excluding hydrogens is 362 g/mol. The van der Waals surface area contributed by atoms with Gasteiger partial charge >= 0.3 is 0 Å². The number of hydrogen-bond acceptors (Lipinski definition) is 2. The first-order valence-corrected chi connectivity index (χ1v) is 8.56. The van der Waals surface area contributed by atoms with Crippen molar-refractivity contribution in [2.75, 3.05) is 6.54 Å². The molecule has 0 bridgehead atoms. The Labute approximate surface area is 155 Å². The Morgan fingerprint density at radius 3 is 2.42 bits per heavy atom. The fourth-order valence-corrected chi connectivity index (χ4v) is 2.57. The Morgan fingerprint density at radius 1 is 1.12 bits per heavy atom. The molecule has 2 N–H and O–H groups in total. The molecule has 7 heteroatoms. The summed E-state index contributed by atoms with van der Waals surface area (Å²) in [4.78, 5) is 23.9. The second-order valence-corrected chi connectivity index (χ2v) is 6.15. The number of nitrogens with one attached hydrogen (secondary N) is 2. The molecule has 0 saturated heterocycles. The average molecular weight is 381 g/mol. The maximum Gasteiger partial charge on any atom is 0.254 e. The van der Waals surface area contributed by atoms with E-state index >= 15 is 0 Å². The predicted octanol–water partition coefficient (Wildman–Crippen LogP) is 4.01. The van der Waals surface area contributed by atoms with Crippen molar-refractivity contribution in [3.63, 3.8) is 0 Å². The average Bonchev–Trinajstić information content (AvgIpc) is 2.60. The first-order valence-electron chi connectivity index (χ1n) is 8.18. The topological polar surface area (TPSA) is 58.2 Å². The Kier molecular flexibility index (Phi) is 7.09. The summed E-state index contributed by atoms with van der Waals surface area (Å²) in [6.07, 6.45) is 0.735. The highest BCUT2D eigenvalue weighted by atomic mass is 35.5. The zero-order valence-electron chi connectivity index (χ0n) is 14.2. The molecule has 0 aromatic heterocycles. The Morgan fingerprint density at radius 2 is 1.81 bits per heavy atom. The normalized spacial score (nSPS) is 11.7. The van der Waals surface area contributed by atoms with Crippen molar-refractivity contribution in [2.24, 2.45) is 0 Å². The molecule has 26 heavy (non-hydrogen) atoms. The van der Waals surface area contributed by atoms with Gasteiger partial charge in [0.1, 0.15) is 11.6 Å². The number of rotatable bonds is 7. The van der Waals surface area contributed by atoms with E-state index in [1.165, 1.54) is 0 Å². The quantitative estimate of drug-likeness (QED) is 0.762. The van der Waals surface area contributed by atoms with Crippen LogP contribution in [0.15, 0.2) is 42.5 Å². The minimum absolute atomic E-state index is 0.0402. The molecule has 1 atom stereocenters. The third-order valence-corrected chi connectivity index (χ3v) is 4.08. The van der Waals surface area contributed by atoms with Crippen molar-refractivity contribution in [1.29, 1.82) is 0 Å². The van der Waals surface area contributed by atoms with Gasteiger partial charge in [0.15, 0.2) is 0 Å². The van der Waals surface area contributed by atoms with E-state index < -0.39 is 17.5 Å². The molecule has 4 nitrogen and oxygen atoms in total. The molecule has 2 rings (SSSR count). The summed E-state index contributed by atoms with van der Waals surface area (Å²) in [7, 11) is 0. The maximum absolute atomic E-state index is 13.5. The van der Waals surface area contributed by atoms with Crippen molar-refractivity contribution in [1.82, 2.24) is 10.6 Å². The minimum atomic E-state index is -0.944. The van der Waals surface area contributed by atoms with Crippen LogP contribution in [-0.2, 0) is 4.79 Å². The van der Waals surface area contributed by atoms with E-state index in [4.69, 9.17) is 11.6 Å². The van der Waals surface area contributed by atoms with Gasteiger partial charge in [0.25, 0.3) is 5.91 Å². The molecule has 0 spiro atoms. The van der Waals surface area contributed by atoms with Crippen LogP contribution in [0.4, 0.5) is 8.78 Å². The number of carbonyl (C=O) groups excluding carboxylic acids is 2. The number of amides is 2. The van der Waals surface area contributed by atoms with Gasteiger partial charge in [0.05, 0.1) is 11.6 Å². The largest absolute Gasteiger partial charge is 0.351 e. The fraction of sp³-hybridized carbons (Fsp3) is 0.263. The molecule has 1 unspecified atom stereocenters. The molecule has 0 aliphatic heterocycles. The molecule has 2 amide bonds. The van der Waals surface area contributed by atoms with Gasteiger partial charge in [-0.15, -0.1) is 0 Å². The summed E-state index contributed by atoms with van der Waals surface area (Å²) < 4.78 is 26.4. The lowest BCUT2D eigenvalue weighted by molar-refractivity contribution is -0.121. The van der Waals surface area contributed by atoms with Crippen LogP contribution in [0, 0.1) is 11.6 Å².